The van der Waals surface area contributed by atoms with Crippen LogP contribution in [0, 0.1) is 5.92 Å². The maximum Gasteiger partial charge on any atom is 0.304 e. The van der Waals surface area contributed by atoms with E-state index < -0.39 is 5.97 Å². The summed E-state index contributed by atoms with van der Waals surface area (Å²) >= 11 is 0. The summed E-state index contributed by atoms with van der Waals surface area (Å²) in [4.78, 5) is 25.3. The van der Waals surface area contributed by atoms with Crippen molar-refractivity contribution in [1.82, 2.24) is 4.90 Å². The van der Waals surface area contributed by atoms with Crippen molar-refractivity contribution in [3.05, 3.63) is 12.2 Å². The monoisotopic (exact) mass is 409 g/mol. The van der Waals surface area contributed by atoms with E-state index in [1.807, 2.05) is 13.8 Å². The van der Waals surface area contributed by atoms with Crippen molar-refractivity contribution in [3.63, 3.8) is 0 Å². The molecular formula is C25H47NO3. The van der Waals surface area contributed by atoms with Gasteiger partial charge in [0, 0.05) is 19.0 Å². The molecule has 0 saturated carbocycles. The summed E-state index contributed by atoms with van der Waals surface area (Å²) in [5, 5.41) is 9.11. The van der Waals surface area contributed by atoms with Gasteiger partial charge >= 0.3 is 5.97 Å². The first-order valence-corrected chi connectivity index (χ1v) is 12.2. The molecule has 0 aromatic carbocycles. The highest BCUT2D eigenvalue weighted by atomic mass is 16.4. The van der Waals surface area contributed by atoms with Gasteiger partial charge in [0.25, 0.3) is 0 Å². The van der Waals surface area contributed by atoms with Crippen LogP contribution in [0.3, 0.4) is 0 Å². The summed E-state index contributed by atoms with van der Waals surface area (Å²) in [5.41, 5.74) is 0. The second kappa shape index (κ2) is 20.0. The fraction of sp³-hybridized carbons (Fsp3) is 0.840. The molecule has 0 saturated heterocycles. The van der Waals surface area contributed by atoms with Crippen molar-refractivity contribution >= 4 is 11.9 Å². The van der Waals surface area contributed by atoms with Crippen LogP contribution in [0.1, 0.15) is 117 Å². The molecule has 0 radical (unpaired) electrons. The first-order valence-electron chi connectivity index (χ1n) is 12.2. The van der Waals surface area contributed by atoms with E-state index in [4.69, 9.17) is 5.11 Å². The van der Waals surface area contributed by atoms with Gasteiger partial charge in [0.2, 0.25) is 5.91 Å². The molecule has 1 N–H and O–H groups in total. The first kappa shape index (κ1) is 27.7. The van der Waals surface area contributed by atoms with Crippen molar-refractivity contribution in [3.8, 4) is 0 Å². The van der Waals surface area contributed by atoms with Gasteiger partial charge in [0.1, 0.15) is 0 Å². The van der Waals surface area contributed by atoms with Crippen LogP contribution < -0.4 is 0 Å². The van der Waals surface area contributed by atoms with E-state index in [1.54, 1.807) is 4.90 Å². The molecule has 0 aromatic heterocycles. The number of carboxylic acids is 1. The Morgan fingerprint density at radius 2 is 1.24 bits per heavy atom. The number of rotatable bonds is 20. The van der Waals surface area contributed by atoms with Gasteiger partial charge in [-0.3, -0.25) is 9.59 Å². The number of unbranched alkanes of at least 4 members (excludes halogenated alkanes) is 11. The Kier molecular flexibility index (Phi) is 19.1. The van der Waals surface area contributed by atoms with Crippen molar-refractivity contribution < 1.29 is 14.7 Å². The summed E-state index contributed by atoms with van der Waals surface area (Å²) in [6.07, 6.45) is 21.5. The third-order valence-corrected chi connectivity index (χ3v) is 5.66. The standard InChI is InChI=1S/C25H47NO3/c1-4-7-8-9-10-11-12-13-14-15-16-17-18-19-20-21-23(22-24(27)28)25(29)26(5-2)6-3/h9-10,23H,4-8,11-22H2,1-3H3,(H,27,28)/b10-9+. The lowest BCUT2D eigenvalue weighted by atomic mass is 9.95. The quantitative estimate of drug-likeness (QED) is 0.174. The minimum Gasteiger partial charge on any atom is -0.481 e. The van der Waals surface area contributed by atoms with Crippen LogP contribution in [0.5, 0.6) is 0 Å². The van der Waals surface area contributed by atoms with E-state index in [-0.39, 0.29) is 18.2 Å². The third kappa shape index (κ3) is 16.2. The normalized spacial score (nSPS) is 12.4. The van der Waals surface area contributed by atoms with Gasteiger partial charge in [-0.25, -0.2) is 0 Å². The molecule has 1 atom stereocenters. The molecule has 0 rings (SSSR count). The summed E-state index contributed by atoms with van der Waals surface area (Å²) in [6.45, 7) is 7.44. The number of allylic oxidation sites excluding steroid dienone is 2. The van der Waals surface area contributed by atoms with Crippen molar-refractivity contribution in [2.75, 3.05) is 13.1 Å². The number of hydrogen-bond donors (Lipinski definition) is 1. The minimum absolute atomic E-state index is 0.0117. The molecule has 0 aromatic rings. The molecular weight excluding hydrogens is 362 g/mol. The average Bonchev–Trinajstić information content (AvgIpc) is 2.70. The molecule has 0 bridgehead atoms. The summed E-state index contributed by atoms with van der Waals surface area (Å²) < 4.78 is 0. The Hall–Kier alpha value is -1.32. The molecule has 0 heterocycles. The molecule has 4 heteroatoms. The molecule has 0 aliphatic rings. The van der Waals surface area contributed by atoms with Crippen LogP contribution in [-0.2, 0) is 9.59 Å². The number of hydrogen-bond acceptors (Lipinski definition) is 2. The zero-order chi connectivity index (χ0) is 21.7. The second-order valence-electron chi connectivity index (χ2n) is 8.18. The largest absolute Gasteiger partial charge is 0.481 e. The predicted octanol–water partition coefficient (Wildman–Crippen LogP) is 6.98. The van der Waals surface area contributed by atoms with E-state index in [0.717, 1.165) is 12.8 Å². The first-order chi connectivity index (χ1) is 14.1. The lowest BCUT2D eigenvalue weighted by molar-refractivity contribution is -0.144. The second-order valence-corrected chi connectivity index (χ2v) is 8.18. The highest BCUT2D eigenvalue weighted by Crippen LogP contribution is 2.19. The highest BCUT2D eigenvalue weighted by molar-refractivity contribution is 5.83. The van der Waals surface area contributed by atoms with Gasteiger partial charge < -0.3 is 10.0 Å². The maximum atomic E-state index is 12.5. The highest BCUT2D eigenvalue weighted by Gasteiger charge is 2.24. The van der Waals surface area contributed by atoms with Crippen LogP contribution in [0.4, 0.5) is 0 Å². The lowest BCUT2D eigenvalue weighted by Gasteiger charge is -2.24. The van der Waals surface area contributed by atoms with Gasteiger partial charge in [-0.2, -0.15) is 0 Å². The number of carbonyl (C=O) groups is 2. The molecule has 0 fully saturated rings. The fourth-order valence-electron chi connectivity index (χ4n) is 3.77. The smallest absolute Gasteiger partial charge is 0.304 e. The van der Waals surface area contributed by atoms with Crippen LogP contribution in [-0.4, -0.2) is 35.0 Å². The van der Waals surface area contributed by atoms with Gasteiger partial charge in [-0.15, -0.1) is 0 Å². The third-order valence-electron chi connectivity index (χ3n) is 5.66. The number of aliphatic carboxylic acids is 1. The fourth-order valence-corrected chi connectivity index (χ4v) is 3.77. The zero-order valence-corrected chi connectivity index (χ0v) is 19.5. The SMILES string of the molecule is CCCC/C=C/CCCCCCCCCCCC(CC(=O)O)C(=O)N(CC)CC. The van der Waals surface area contributed by atoms with Gasteiger partial charge in [-0.05, 0) is 39.5 Å². The van der Waals surface area contributed by atoms with E-state index in [0.29, 0.717) is 19.5 Å². The van der Waals surface area contributed by atoms with Crippen molar-refractivity contribution in [1.29, 1.82) is 0 Å². The van der Waals surface area contributed by atoms with Gasteiger partial charge in [0.15, 0.2) is 0 Å². The maximum absolute atomic E-state index is 12.5. The van der Waals surface area contributed by atoms with Crippen LogP contribution >= 0.6 is 0 Å². The van der Waals surface area contributed by atoms with Gasteiger partial charge in [0.05, 0.1) is 6.42 Å². The van der Waals surface area contributed by atoms with Crippen LogP contribution in [0.25, 0.3) is 0 Å². The van der Waals surface area contributed by atoms with E-state index >= 15 is 0 Å². The van der Waals surface area contributed by atoms with Crippen molar-refractivity contribution in [2.24, 2.45) is 5.92 Å². The van der Waals surface area contributed by atoms with Crippen molar-refractivity contribution in [2.45, 2.75) is 117 Å². The number of carbonyl (C=O) groups excluding carboxylic acids is 1. The molecule has 29 heavy (non-hydrogen) atoms. The molecule has 1 unspecified atom stereocenters. The Bertz CT molecular complexity index is 430. The number of amides is 1. The van der Waals surface area contributed by atoms with Crippen LogP contribution in [0.2, 0.25) is 0 Å². The molecule has 1 amide bonds. The summed E-state index contributed by atoms with van der Waals surface area (Å²) in [7, 11) is 0. The number of nitrogens with zero attached hydrogens (tertiary/aromatic N) is 1. The van der Waals surface area contributed by atoms with E-state index in [2.05, 4.69) is 19.1 Å². The van der Waals surface area contributed by atoms with E-state index in [9.17, 15) is 9.59 Å². The predicted molar refractivity (Wildman–Crippen MR) is 123 cm³/mol. The molecule has 0 spiro atoms. The summed E-state index contributed by atoms with van der Waals surface area (Å²) in [5.74, 6) is -1.21. The number of carboxylic acid groups (broad SMARTS) is 1. The Labute approximate surface area is 180 Å². The topological polar surface area (TPSA) is 57.6 Å². The minimum atomic E-state index is -0.869. The Morgan fingerprint density at radius 3 is 1.72 bits per heavy atom. The Morgan fingerprint density at radius 1 is 0.759 bits per heavy atom. The van der Waals surface area contributed by atoms with Crippen LogP contribution in [0.15, 0.2) is 12.2 Å². The molecule has 170 valence electrons. The molecule has 0 aliphatic carbocycles. The Balaban J connectivity index is 3.71. The van der Waals surface area contributed by atoms with Gasteiger partial charge in [-0.1, -0.05) is 83.3 Å². The van der Waals surface area contributed by atoms with E-state index in [1.165, 1.54) is 70.6 Å². The summed E-state index contributed by atoms with van der Waals surface area (Å²) in [6, 6.07) is 0. The molecule has 0 aliphatic heterocycles. The average molecular weight is 410 g/mol. The molecule has 4 nitrogen and oxygen atoms in total. The zero-order valence-electron chi connectivity index (χ0n) is 19.5. The lowest BCUT2D eigenvalue weighted by Crippen LogP contribution is -2.36.